The number of hydrogen-bond acceptors (Lipinski definition) is 5. The summed E-state index contributed by atoms with van der Waals surface area (Å²) in [5.74, 6) is 1.80. The molecule has 1 N–H and O–H groups in total. The molecule has 3 rings (SSSR count). The molecule has 0 bridgehead atoms. The van der Waals surface area contributed by atoms with Gasteiger partial charge in [-0.25, -0.2) is 0 Å². The Labute approximate surface area is 160 Å². The molecule has 0 aliphatic carbocycles. The first-order valence-corrected chi connectivity index (χ1v) is 9.03. The lowest BCUT2D eigenvalue weighted by Gasteiger charge is -2.42. The Kier molecular flexibility index (Phi) is 5.44. The average molecular weight is 370 g/mol. The minimum atomic E-state index is -0.378. The molecule has 6 heteroatoms. The Hall–Kier alpha value is -2.89. The van der Waals surface area contributed by atoms with Crippen molar-refractivity contribution < 1.29 is 19.0 Å². The normalized spacial score (nSPS) is 17.0. The number of methoxy groups -OCH3 is 3. The molecule has 0 aromatic heterocycles. The molecule has 0 fully saturated rings. The minimum Gasteiger partial charge on any atom is -0.496 e. The molecule has 1 aliphatic heterocycles. The first kappa shape index (κ1) is 18.9. The Morgan fingerprint density at radius 1 is 1.04 bits per heavy atom. The molecule has 144 valence electrons. The highest BCUT2D eigenvalue weighted by Gasteiger charge is 2.37. The van der Waals surface area contributed by atoms with Crippen molar-refractivity contribution in [2.45, 2.75) is 32.5 Å². The fourth-order valence-corrected chi connectivity index (χ4v) is 3.41. The van der Waals surface area contributed by atoms with Crippen LogP contribution in [0.4, 0.5) is 5.69 Å². The van der Waals surface area contributed by atoms with E-state index in [9.17, 15) is 4.79 Å². The lowest BCUT2D eigenvalue weighted by atomic mass is 9.99. The van der Waals surface area contributed by atoms with Crippen LogP contribution in [0, 0.1) is 0 Å². The Morgan fingerprint density at radius 2 is 1.67 bits per heavy atom. The number of para-hydroxylation sites is 1. The van der Waals surface area contributed by atoms with E-state index >= 15 is 0 Å². The van der Waals surface area contributed by atoms with Gasteiger partial charge in [0, 0.05) is 23.4 Å². The summed E-state index contributed by atoms with van der Waals surface area (Å²) in [5.41, 5.74) is 2.30. The van der Waals surface area contributed by atoms with E-state index in [4.69, 9.17) is 14.2 Å². The SMILES string of the molecule is CC[C@@H](C)N1C(=O)c2ccccc2N[C@@H]1c1cc(OC)c(OC)cc1OC. The van der Waals surface area contributed by atoms with Gasteiger partial charge in [0.1, 0.15) is 11.9 Å². The van der Waals surface area contributed by atoms with Crippen molar-refractivity contribution in [3.05, 3.63) is 47.5 Å². The number of amides is 1. The highest BCUT2D eigenvalue weighted by molar-refractivity contribution is 6.02. The smallest absolute Gasteiger partial charge is 0.258 e. The van der Waals surface area contributed by atoms with Gasteiger partial charge in [0.2, 0.25) is 0 Å². The van der Waals surface area contributed by atoms with Crippen LogP contribution in [-0.2, 0) is 0 Å². The monoisotopic (exact) mass is 370 g/mol. The van der Waals surface area contributed by atoms with Gasteiger partial charge >= 0.3 is 0 Å². The average Bonchev–Trinajstić information content (AvgIpc) is 2.72. The van der Waals surface area contributed by atoms with Crippen LogP contribution in [0.1, 0.15) is 42.4 Å². The second-order valence-electron chi connectivity index (χ2n) is 6.51. The van der Waals surface area contributed by atoms with Gasteiger partial charge in [0.05, 0.1) is 26.9 Å². The first-order valence-electron chi connectivity index (χ1n) is 9.03. The van der Waals surface area contributed by atoms with E-state index < -0.39 is 0 Å². The fourth-order valence-electron chi connectivity index (χ4n) is 3.41. The van der Waals surface area contributed by atoms with Gasteiger partial charge in [-0.2, -0.15) is 0 Å². The van der Waals surface area contributed by atoms with E-state index in [-0.39, 0.29) is 18.1 Å². The van der Waals surface area contributed by atoms with Crippen LogP contribution in [0.2, 0.25) is 0 Å². The second kappa shape index (κ2) is 7.78. The largest absolute Gasteiger partial charge is 0.496 e. The van der Waals surface area contributed by atoms with Crippen molar-refractivity contribution in [3.63, 3.8) is 0 Å². The molecule has 0 saturated carbocycles. The maximum Gasteiger partial charge on any atom is 0.258 e. The first-order chi connectivity index (χ1) is 13.0. The number of carbonyl (C=O) groups is 1. The van der Waals surface area contributed by atoms with Gasteiger partial charge in [0.15, 0.2) is 11.5 Å². The van der Waals surface area contributed by atoms with Crippen LogP contribution in [0.5, 0.6) is 17.2 Å². The molecular weight excluding hydrogens is 344 g/mol. The Morgan fingerprint density at radius 3 is 2.30 bits per heavy atom. The highest BCUT2D eigenvalue weighted by atomic mass is 16.5. The molecule has 1 heterocycles. The summed E-state index contributed by atoms with van der Waals surface area (Å²) in [6.45, 7) is 4.12. The number of rotatable bonds is 6. The van der Waals surface area contributed by atoms with Crippen LogP contribution in [-0.4, -0.2) is 38.2 Å². The number of hydrogen-bond donors (Lipinski definition) is 1. The number of nitrogens with one attached hydrogen (secondary N) is 1. The minimum absolute atomic E-state index is 0.000498. The van der Waals surface area contributed by atoms with E-state index in [2.05, 4.69) is 12.2 Å². The van der Waals surface area contributed by atoms with Crippen molar-refractivity contribution in [1.82, 2.24) is 4.90 Å². The van der Waals surface area contributed by atoms with E-state index in [1.165, 1.54) is 0 Å². The van der Waals surface area contributed by atoms with Gasteiger partial charge in [0.25, 0.3) is 5.91 Å². The van der Waals surface area contributed by atoms with Gasteiger partial charge in [-0.15, -0.1) is 0 Å². The van der Waals surface area contributed by atoms with Gasteiger partial charge in [-0.1, -0.05) is 19.1 Å². The standard InChI is InChI=1S/C21H26N2O4/c1-6-13(2)23-20(22-16-10-8-7-9-14(16)21(23)24)15-11-18(26-4)19(27-5)12-17(15)25-3/h7-13,20,22H,6H2,1-5H3/t13-,20+/m1/s1. The van der Waals surface area contributed by atoms with E-state index in [1.54, 1.807) is 27.4 Å². The zero-order valence-electron chi connectivity index (χ0n) is 16.4. The molecule has 6 nitrogen and oxygen atoms in total. The van der Waals surface area contributed by atoms with Crippen LogP contribution in [0.25, 0.3) is 0 Å². The van der Waals surface area contributed by atoms with Gasteiger partial charge in [-0.3, -0.25) is 4.79 Å². The molecule has 2 atom stereocenters. The summed E-state index contributed by atoms with van der Waals surface area (Å²) < 4.78 is 16.5. The van der Waals surface area contributed by atoms with Crippen LogP contribution >= 0.6 is 0 Å². The highest BCUT2D eigenvalue weighted by Crippen LogP contribution is 2.42. The predicted molar refractivity (Wildman–Crippen MR) is 105 cm³/mol. The van der Waals surface area contributed by atoms with Gasteiger partial charge in [-0.05, 0) is 31.5 Å². The lowest BCUT2D eigenvalue weighted by molar-refractivity contribution is 0.0591. The maximum atomic E-state index is 13.3. The summed E-state index contributed by atoms with van der Waals surface area (Å²) in [7, 11) is 4.79. The molecule has 1 aliphatic rings. The van der Waals surface area contributed by atoms with E-state index in [0.717, 1.165) is 17.7 Å². The molecular formula is C21H26N2O4. The van der Waals surface area contributed by atoms with Crippen molar-refractivity contribution in [1.29, 1.82) is 0 Å². The van der Waals surface area contributed by atoms with E-state index in [0.29, 0.717) is 22.8 Å². The summed E-state index contributed by atoms with van der Waals surface area (Å²) in [4.78, 5) is 15.1. The number of ether oxygens (including phenoxy) is 3. The molecule has 27 heavy (non-hydrogen) atoms. The third-order valence-corrected chi connectivity index (χ3v) is 5.06. The Bertz CT molecular complexity index is 837. The Balaban J connectivity index is 2.17. The molecule has 1 amide bonds. The van der Waals surface area contributed by atoms with Crippen LogP contribution < -0.4 is 19.5 Å². The molecule has 0 unspecified atom stereocenters. The molecule has 0 radical (unpaired) electrons. The topological polar surface area (TPSA) is 60.0 Å². The van der Waals surface area contributed by atoms with Crippen LogP contribution in [0.3, 0.4) is 0 Å². The number of nitrogens with zero attached hydrogens (tertiary/aromatic N) is 1. The number of anilines is 1. The maximum absolute atomic E-state index is 13.3. The zero-order chi connectivity index (χ0) is 19.6. The zero-order valence-corrected chi connectivity index (χ0v) is 16.4. The van der Waals surface area contributed by atoms with Crippen molar-refractivity contribution in [3.8, 4) is 17.2 Å². The van der Waals surface area contributed by atoms with Crippen molar-refractivity contribution >= 4 is 11.6 Å². The third kappa shape index (κ3) is 3.27. The quantitative estimate of drug-likeness (QED) is 0.830. The van der Waals surface area contributed by atoms with E-state index in [1.807, 2.05) is 42.2 Å². The lowest BCUT2D eigenvalue weighted by Crippen LogP contribution is -2.47. The number of benzene rings is 2. The van der Waals surface area contributed by atoms with Crippen molar-refractivity contribution in [2.24, 2.45) is 0 Å². The summed E-state index contributed by atoms with van der Waals surface area (Å²) in [5, 5.41) is 3.50. The summed E-state index contributed by atoms with van der Waals surface area (Å²) in [6.07, 6.45) is 0.457. The summed E-state index contributed by atoms with van der Waals surface area (Å²) >= 11 is 0. The van der Waals surface area contributed by atoms with Gasteiger partial charge < -0.3 is 24.4 Å². The molecule has 2 aromatic carbocycles. The fraction of sp³-hybridized carbons (Fsp3) is 0.381. The second-order valence-corrected chi connectivity index (χ2v) is 6.51. The predicted octanol–water partition coefficient (Wildman–Crippen LogP) is 4.08. The number of carbonyl (C=O) groups excluding carboxylic acids is 1. The van der Waals surface area contributed by atoms with Crippen molar-refractivity contribution in [2.75, 3.05) is 26.6 Å². The third-order valence-electron chi connectivity index (χ3n) is 5.06. The number of fused-ring (bicyclic) bond motifs is 1. The van der Waals surface area contributed by atoms with Crippen LogP contribution in [0.15, 0.2) is 36.4 Å². The molecule has 0 saturated heterocycles. The summed E-state index contributed by atoms with van der Waals surface area (Å²) in [6, 6.07) is 11.3. The molecule has 0 spiro atoms. The molecule has 2 aromatic rings.